The standard InChI is InChI=1S/C36H43NO2Si.Li/c1-29-19-16-17-26-33(29)34(38)37(36(5,6)30-20-10-7-11-21-30)27-18-28-39-40(35(2,3)4,31-22-12-8-13-23-31)32-24-14-9-15-25-32;/h7-17,19-26,38H,1,18,27-28H2,2-6H3;/q;+1/p-1/b34-33-;. The molecule has 5 heteroatoms. The molecule has 0 aromatic heterocycles. The van der Waals surface area contributed by atoms with E-state index in [1.807, 2.05) is 47.4 Å². The Hall–Kier alpha value is -3.01. The topological polar surface area (TPSA) is 35.5 Å². The van der Waals surface area contributed by atoms with Crippen molar-refractivity contribution in [1.29, 1.82) is 0 Å². The molecule has 0 saturated carbocycles. The van der Waals surface area contributed by atoms with Crippen molar-refractivity contribution in [2.45, 2.75) is 51.6 Å². The molecule has 208 valence electrons. The molecule has 3 nitrogen and oxygen atoms in total. The predicted molar refractivity (Wildman–Crippen MR) is 169 cm³/mol. The molecule has 0 aliphatic rings. The zero-order chi connectivity index (χ0) is 28.8. The van der Waals surface area contributed by atoms with Gasteiger partial charge in [0.05, 0.1) is 5.54 Å². The Bertz CT molecular complexity index is 1450. The van der Waals surface area contributed by atoms with Gasteiger partial charge in [-0.25, -0.2) is 0 Å². The largest absolute Gasteiger partial charge is 1.00 e. The van der Waals surface area contributed by atoms with Crippen molar-refractivity contribution >= 4 is 31.2 Å². The Morgan fingerprint density at radius 1 is 0.732 bits per heavy atom. The zero-order valence-corrected chi connectivity index (χ0v) is 26.6. The molecule has 0 aliphatic carbocycles. The second-order valence-corrected chi connectivity index (χ2v) is 16.2. The number of benzene rings is 4. The molecule has 0 unspecified atom stereocenters. The van der Waals surface area contributed by atoms with Crippen LogP contribution in [0.25, 0.3) is 12.5 Å². The van der Waals surface area contributed by atoms with Gasteiger partial charge in [0.15, 0.2) is 0 Å². The van der Waals surface area contributed by atoms with Crippen molar-refractivity contribution < 1.29 is 28.4 Å². The molecule has 0 heterocycles. The zero-order valence-electron chi connectivity index (χ0n) is 25.6. The molecule has 4 aromatic rings. The molecule has 0 spiro atoms. The molecule has 0 fully saturated rings. The number of hydrogen-bond acceptors (Lipinski definition) is 3. The van der Waals surface area contributed by atoms with Gasteiger partial charge < -0.3 is 14.4 Å². The first-order valence-electron chi connectivity index (χ1n) is 14.1. The first-order valence-corrected chi connectivity index (χ1v) is 16.0. The fraction of sp³-hybridized carbons (Fsp3) is 0.278. The van der Waals surface area contributed by atoms with Gasteiger partial charge in [0.2, 0.25) is 0 Å². The quantitative estimate of drug-likeness (QED) is 0.221. The van der Waals surface area contributed by atoms with Crippen molar-refractivity contribution in [2.75, 3.05) is 13.2 Å². The van der Waals surface area contributed by atoms with E-state index < -0.39 is 13.9 Å². The van der Waals surface area contributed by atoms with Crippen molar-refractivity contribution in [3.05, 3.63) is 131 Å². The van der Waals surface area contributed by atoms with E-state index in [1.165, 1.54) is 10.4 Å². The van der Waals surface area contributed by atoms with Gasteiger partial charge in [0, 0.05) is 13.2 Å². The summed E-state index contributed by atoms with van der Waals surface area (Å²) in [4.78, 5) is 1.99. The Labute approximate surface area is 259 Å². The summed E-state index contributed by atoms with van der Waals surface area (Å²) in [6.45, 7) is 16.4. The van der Waals surface area contributed by atoms with E-state index in [1.54, 1.807) is 0 Å². The smallest absolute Gasteiger partial charge is 0.860 e. The Morgan fingerprint density at radius 2 is 1.20 bits per heavy atom. The monoisotopic (exact) mass is 555 g/mol. The molecule has 0 amide bonds. The molecule has 41 heavy (non-hydrogen) atoms. The number of rotatable bonds is 10. The van der Waals surface area contributed by atoms with E-state index in [-0.39, 0.29) is 29.8 Å². The summed E-state index contributed by atoms with van der Waals surface area (Å²) >= 11 is 0. The maximum Gasteiger partial charge on any atom is 1.00 e. The Balaban J connectivity index is 0.00000462. The molecule has 0 radical (unpaired) electrons. The van der Waals surface area contributed by atoms with Crippen LogP contribution < -0.4 is 44.8 Å². The normalized spacial score (nSPS) is 12.8. The summed E-state index contributed by atoms with van der Waals surface area (Å²) in [5, 5.41) is 17.8. The van der Waals surface area contributed by atoms with Crippen molar-refractivity contribution in [1.82, 2.24) is 4.90 Å². The molecule has 0 atom stereocenters. The fourth-order valence-corrected chi connectivity index (χ4v) is 10.3. The summed E-state index contributed by atoms with van der Waals surface area (Å²) < 4.78 is 7.13. The maximum absolute atomic E-state index is 14.0. The molecule has 4 rings (SSSR count). The molecular formula is C36H42LiNO2Si. The van der Waals surface area contributed by atoms with Crippen LogP contribution in [-0.2, 0) is 9.96 Å². The number of hydrogen-bond donors (Lipinski definition) is 0. The predicted octanol–water partition coefficient (Wildman–Crippen LogP) is 1.73. The van der Waals surface area contributed by atoms with Crippen LogP contribution in [0.15, 0.2) is 115 Å². The van der Waals surface area contributed by atoms with Crippen molar-refractivity contribution in [3.8, 4) is 0 Å². The van der Waals surface area contributed by atoms with Crippen LogP contribution in [-0.4, -0.2) is 26.4 Å². The summed E-state index contributed by atoms with van der Waals surface area (Å²) in [5.74, 6) is -0.00935. The maximum atomic E-state index is 14.0. The van der Waals surface area contributed by atoms with Crippen LogP contribution >= 0.6 is 0 Å². The van der Waals surface area contributed by atoms with Gasteiger partial charge in [0.1, 0.15) is 0 Å². The van der Waals surface area contributed by atoms with Crippen LogP contribution in [0.4, 0.5) is 0 Å². The van der Waals surface area contributed by atoms with E-state index in [4.69, 9.17) is 4.43 Å². The van der Waals surface area contributed by atoms with Gasteiger partial charge in [-0.15, -0.1) is 0 Å². The second kappa shape index (κ2) is 13.8. The van der Waals surface area contributed by atoms with E-state index in [0.29, 0.717) is 24.8 Å². The first-order chi connectivity index (χ1) is 19.1. The minimum Gasteiger partial charge on any atom is -0.860 e. The minimum absolute atomic E-state index is 0. The summed E-state index contributed by atoms with van der Waals surface area (Å²) in [6.07, 6.45) is 0.714. The van der Waals surface area contributed by atoms with Crippen LogP contribution in [0.5, 0.6) is 0 Å². The van der Waals surface area contributed by atoms with Crippen LogP contribution in [0.3, 0.4) is 0 Å². The third-order valence-electron chi connectivity index (χ3n) is 7.91. The third kappa shape index (κ3) is 6.91. The fourth-order valence-electron chi connectivity index (χ4n) is 5.72. The molecule has 0 bridgehead atoms. The van der Waals surface area contributed by atoms with Gasteiger partial charge in [0.25, 0.3) is 8.32 Å². The van der Waals surface area contributed by atoms with Gasteiger partial charge in [-0.1, -0.05) is 143 Å². The van der Waals surface area contributed by atoms with Crippen molar-refractivity contribution in [2.24, 2.45) is 0 Å². The van der Waals surface area contributed by atoms with Gasteiger partial charge in [-0.2, -0.15) is 0 Å². The van der Waals surface area contributed by atoms with Crippen LogP contribution in [0, 0.1) is 0 Å². The Kier molecular flexibility index (Phi) is 10.9. The van der Waals surface area contributed by atoms with E-state index in [9.17, 15) is 5.11 Å². The van der Waals surface area contributed by atoms with Gasteiger partial charge in [-0.05, 0) is 57.6 Å². The molecule has 0 N–H and O–H groups in total. The molecule has 0 aliphatic heterocycles. The summed E-state index contributed by atoms with van der Waals surface area (Å²) in [6, 6.07) is 39.2. The third-order valence-corrected chi connectivity index (χ3v) is 13.0. The van der Waals surface area contributed by atoms with Crippen LogP contribution in [0.2, 0.25) is 5.04 Å². The molecular weight excluding hydrogens is 513 g/mol. The molecule has 0 saturated heterocycles. The summed E-state index contributed by atoms with van der Waals surface area (Å²) in [7, 11) is -2.64. The van der Waals surface area contributed by atoms with Crippen molar-refractivity contribution in [3.63, 3.8) is 0 Å². The summed E-state index contributed by atoms with van der Waals surface area (Å²) in [5.41, 5.74) is 0.579. The minimum atomic E-state index is -2.64. The SMILES string of the molecule is C=c1cccc/c1=C(/[O-])N(CCCO[Si](c1ccccc1)(c1ccccc1)C(C)(C)C)C(C)(C)c1ccccc1.[Li+]. The average Bonchev–Trinajstić information content (AvgIpc) is 2.95. The second-order valence-electron chi connectivity index (χ2n) is 11.9. The van der Waals surface area contributed by atoms with E-state index in [2.05, 4.69) is 114 Å². The Morgan fingerprint density at radius 3 is 1.68 bits per heavy atom. The van der Waals surface area contributed by atoms with Gasteiger partial charge in [-0.3, -0.25) is 0 Å². The van der Waals surface area contributed by atoms with E-state index >= 15 is 0 Å². The van der Waals surface area contributed by atoms with E-state index in [0.717, 1.165) is 10.8 Å². The number of nitrogens with zero attached hydrogens (tertiary/aromatic N) is 1. The first kappa shape index (κ1) is 32.5. The van der Waals surface area contributed by atoms with Crippen LogP contribution in [0.1, 0.15) is 46.6 Å². The average molecular weight is 556 g/mol. The molecule has 4 aromatic carbocycles. The van der Waals surface area contributed by atoms with Gasteiger partial charge >= 0.3 is 18.9 Å².